The van der Waals surface area contributed by atoms with E-state index >= 15 is 0 Å². The Balaban J connectivity index is 1.61. The van der Waals surface area contributed by atoms with Gasteiger partial charge in [0.15, 0.2) is 0 Å². The molecule has 0 atom stereocenters. The van der Waals surface area contributed by atoms with E-state index in [-0.39, 0.29) is 30.1 Å². The zero-order chi connectivity index (χ0) is 18.4. The lowest BCUT2D eigenvalue weighted by Gasteiger charge is -2.35. The molecule has 2 aliphatic heterocycles. The summed E-state index contributed by atoms with van der Waals surface area (Å²) in [5, 5.41) is 0. The number of halogens is 1. The van der Waals surface area contributed by atoms with Crippen LogP contribution in [0.4, 0.5) is 4.39 Å². The molecule has 26 heavy (non-hydrogen) atoms. The van der Waals surface area contributed by atoms with E-state index in [1.807, 2.05) is 9.80 Å². The Morgan fingerprint density at radius 3 is 2.73 bits per heavy atom. The van der Waals surface area contributed by atoms with Crippen molar-refractivity contribution >= 4 is 11.8 Å². The molecule has 2 amide bonds. The van der Waals surface area contributed by atoms with Crippen molar-refractivity contribution in [2.45, 2.75) is 44.6 Å². The highest BCUT2D eigenvalue weighted by Gasteiger charge is 2.27. The zero-order valence-electron chi connectivity index (χ0n) is 15.2. The maximum absolute atomic E-state index is 13.9. The van der Waals surface area contributed by atoms with Gasteiger partial charge in [-0.1, -0.05) is 18.2 Å². The molecule has 0 N–H and O–H groups in total. The van der Waals surface area contributed by atoms with Crippen molar-refractivity contribution < 1.29 is 18.7 Å². The number of amides is 2. The number of rotatable bonds is 7. The van der Waals surface area contributed by atoms with Crippen LogP contribution in [0.5, 0.6) is 0 Å². The number of benzene rings is 1. The Morgan fingerprint density at radius 2 is 2.04 bits per heavy atom. The molecule has 0 aliphatic carbocycles. The van der Waals surface area contributed by atoms with Gasteiger partial charge in [-0.2, -0.15) is 0 Å². The van der Waals surface area contributed by atoms with E-state index in [1.165, 1.54) is 6.07 Å². The van der Waals surface area contributed by atoms with Crippen LogP contribution >= 0.6 is 0 Å². The summed E-state index contributed by atoms with van der Waals surface area (Å²) in [7, 11) is 0. The van der Waals surface area contributed by atoms with Crippen molar-refractivity contribution in [2.24, 2.45) is 0 Å². The average molecular weight is 362 g/mol. The predicted octanol–water partition coefficient (Wildman–Crippen LogP) is 2.39. The van der Waals surface area contributed by atoms with Gasteiger partial charge < -0.3 is 14.5 Å². The van der Waals surface area contributed by atoms with Crippen LogP contribution < -0.4 is 0 Å². The van der Waals surface area contributed by atoms with Crippen LogP contribution in [0.25, 0.3) is 0 Å². The molecular formula is C20H27FN2O3. The lowest BCUT2D eigenvalue weighted by atomic mass is 10.0. The smallest absolute Gasteiger partial charge is 0.227 e. The quantitative estimate of drug-likeness (QED) is 0.748. The number of carbonyl (C=O) groups excluding carboxylic acids is 2. The second kappa shape index (κ2) is 9.12. The van der Waals surface area contributed by atoms with E-state index in [4.69, 9.17) is 4.74 Å². The first-order chi connectivity index (χ1) is 12.6. The number of likely N-dealkylation sites (tertiary alicyclic amines) is 1. The fourth-order valence-corrected chi connectivity index (χ4v) is 3.79. The molecule has 0 aromatic heterocycles. The standard InChI is InChI=1S/C20H27FN2O3/c21-18-6-2-1-5-16(18)15-20(25)23(17-8-13-26-14-9-17)12-4-11-22-10-3-7-19(22)24/h1-2,5-6,17H,3-4,7-15H2. The van der Waals surface area contributed by atoms with Crippen LogP contribution in [-0.2, 0) is 20.7 Å². The minimum atomic E-state index is -0.338. The second-order valence-corrected chi connectivity index (χ2v) is 7.04. The summed E-state index contributed by atoms with van der Waals surface area (Å²) >= 11 is 0. The summed E-state index contributed by atoms with van der Waals surface area (Å²) in [6, 6.07) is 6.58. The van der Waals surface area contributed by atoms with Crippen molar-refractivity contribution in [3.05, 3.63) is 35.6 Å². The Kier molecular flexibility index (Phi) is 6.61. The van der Waals surface area contributed by atoms with E-state index < -0.39 is 0 Å². The molecule has 2 fully saturated rings. The Labute approximate surface area is 154 Å². The zero-order valence-corrected chi connectivity index (χ0v) is 15.2. The maximum atomic E-state index is 13.9. The Hall–Kier alpha value is -1.95. The molecule has 0 bridgehead atoms. The van der Waals surface area contributed by atoms with Crippen molar-refractivity contribution in [3.8, 4) is 0 Å². The number of carbonyl (C=O) groups is 2. The summed E-state index contributed by atoms with van der Waals surface area (Å²) < 4.78 is 19.3. The first-order valence-corrected chi connectivity index (χ1v) is 9.53. The molecule has 142 valence electrons. The van der Waals surface area contributed by atoms with Crippen LogP contribution in [0.1, 0.15) is 37.7 Å². The largest absolute Gasteiger partial charge is 0.381 e. The van der Waals surface area contributed by atoms with Crippen LogP contribution in [0.3, 0.4) is 0 Å². The molecule has 6 heteroatoms. The lowest BCUT2D eigenvalue weighted by Crippen LogP contribution is -2.45. The van der Waals surface area contributed by atoms with Crippen molar-refractivity contribution in [3.63, 3.8) is 0 Å². The molecule has 0 saturated carbocycles. The van der Waals surface area contributed by atoms with E-state index in [2.05, 4.69) is 0 Å². The minimum Gasteiger partial charge on any atom is -0.381 e. The van der Waals surface area contributed by atoms with Crippen LogP contribution in [0.15, 0.2) is 24.3 Å². The number of hydrogen-bond donors (Lipinski definition) is 0. The molecule has 0 unspecified atom stereocenters. The summed E-state index contributed by atoms with van der Waals surface area (Å²) in [6.07, 6.45) is 4.01. The Bertz CT molecular complexity index is 631. The van der Waals surface area contributed by atoms with E-state index in [1.54, 1.807) is 18.2 Å². The van der Waals surface area contributed by atoms with Crippen molar-refractivity contribution in [1.29, 1.82) is 0 Å². The average Bonchev–Trinajstić information content (AvgIpc) is 3.06. The van der Waals surface area contributed by atoms with Gasteiger partial charge in [-0.25, -0.2) is 4.39 Å². The SMILES string of the molecule is O=C1CCCN1CCCN(C(=O)Cc1ccccc1F)C1CCOCC1. The van der Waals surface area contributed by atoms with Gasteiger partial charge in [0.1, 0.15) is 5.82 Å². The summed E-state index contributed by atoms with van der Waals surface area (Å²) in [5.74, 6) is -0.175. The molecule has 5 nitrogen and oxygen atoms in total. The fourth-order valence-electron chi connectivity index (χ4n) is 3.79. The molecule has 3 rings (SSSR count). The van der Waals surface area contributed by atoms with Gasteiger partial charge >= 0.3 is 0 Å². The van der Waals surface area contributed by atoms with Crippen LogP contribution in [0.2, 0.25) is 0 Å². The number of nitrogens with zero attached hydrogens (tertiary/aromatic N) is 2. The predicted molar refractivity (Wildman–Crippen MR) is 96.1 cm³/mol. The van der Waals surface area contributed by atoms with Gasteiger partial charge in [0.2, 0.25) is 11.8 Å². The van der Waals surface area contributed by atoms with Crippen molar-refractivity contribution in [1.82, 2.24) is 9.80 Å². The minimum absolute atomic E-state index is 0.0465. The first kappa shape index (κ1) is 18.8. The number of hydrogen-bond acceptors (Lipinski definition) is 3. The third-order valence-corrected chi connectivity index (χ3v) is 5.25. The number of ether oxygens (including phenoxy) is 1. The first-order valence-electron chi connectivity index (χ1n) is 9.53. The van der Waals surface area contributed by atoms with Crippen molar-refractivity contribution in [2.75, 3.05) is 32.8 Å². The van der Waals surface area contributed by atoms with Gasteiger partial charge in [0.25, 0.3) is 0 Å². The van der Waals surface area contributed by atoms with Gasteiger partial charge in [-0.3, -0.25) is 9.59 Å². The molecular weight excluding hydrogens is 335 g/mol. The van der Waals surface area contributed by atoms with E-state index in [9.17, 15) is 14.0 Å². The normalized spacial score (nSPS) is 18.3. The summed E-state index contributed by atoms with van der Waals surface area (Å²) in [5.41, 5.74) is 0.435. The third-order valence-electron chi connectivity index (χ3n) is 5.25. The molecule has 1 aromatic rings. The second-order valence-electron chi connectivity index (χ2n) is 7.04. The van der Waals surface area contributed by atoms with Gasteiger partial charge in [-0.05, 0) is 37.3 Å². The van der Waals surface area contributed by atoms with Gasteiger partial charge in [-0.15, -0.1) is 0 Å². The molecule has 1 aromatic carbocycles. The fraction of sp³-hybridized carbons (Fsp3) is 0.600. The molecule has 2 aliphatic rings. The molecule has 2 heterocycles. The monoisotopic (exact) mass is 362 g/mol. The molecule has 0 radical (unpaired) electrons. The topological polar surface area (TPSA) is 49.9 Å². The van der Waals surface area contributed by atoms with Gasteiger partial charge in [0.05, 0.1) is 6.42 Å². The summed E-state index contributed by atoms with van der Waals surface area (Å²) in [4.78, 5) is 28.4. The maximum Gasteiger partial charge on any atom is 0.227 e. The highest BCUT2D eigenvalue weighted by atomic mass is 19.1. The van der Waals surface area contributed by atoms with E-state index in [0.717, 1.165) is 32.2 Å². The highest BCUT2D eigenvalue weighted by Crippen LogP contribution is 2.18. The molecule has 0 spiro atoms. The highest BCUT2D eigenvalue weighted by molar-refractivity contribution is 5.79. The van der Waals surface area contributed by atoms with E-state index in [0.29, 0.717) is 38.3 Å². The van der Waals surface area contributed by atoms with Crippen LogP contribution in [-0.4, -0.2) is 60.5 Å². The lowest BCUT2D eigenvalue weighted by molar-refractivity contribution is -0.134. The van der Waals surface area contributed by atoms with Gasteiger partial charge in [0, 0.05) is 45.3 Å². The molecule has 2 saturated heterocycles. The third kappa shape index (κ3) is 4.81. The summed E-state index contributed by atoms with van der Waals surface area (Å²) in [6.45, 7) is 3.41. The Morgan fingerprint density at radius 1 is 1.27 bits per heavy atom. The van der Waals surface area contributed by atoms with Crippen LogP contribution in [0, 0.1) is 5.82 Å².